The maximum Gasteiger partial charge on any atom is 0.251 e. The summed E-state index contributed by atoms with van der Waals surface area (Å²) in [6.07, 6.45) is 0.548. The summed E-state index contributed by atoms with van der Waals surface area (Å²) in [5.74, 6) is -5.82. The molecule has 5 nitrogen and oxygen atoms in total. The summed E-state index contributed by atoms with van der Waals surface area (Å²) >= 11 is 0. The summed E-state index contributed by atoms with van der Waals surface area (Å²) in [4.78, 5) is 15.7. The highest BCUT2D eigenvalue weighted by atomic mass is 19.2. The van der Waals surface area contributed by atoms with Crippen LogP contribution in [0.5, 0.6) is 0 Å². The molecule has 1 amide bonds. The van der Waals surface area contributed by atoms with Crippen LogP contribution >= 0.6 is 0 Å². The predicted molar refractivity (Wildman–Crippen MR) is 103 cm³/mol. The van der Waals surface area contributed by atoms with Gasteiger partial charge in [-0.25, -0.2) is 22.6 Å². The first-order valence-electron chi connectivity index (χ1n) is 9.02. The van der Waals surface area contributed by atoms with Crippen molar-refractivity contribution in [2.24, 2.45) is 4.99 Å². The molecule has 0 aromatic heterocycles. The van der Waals surface area contributed by atoms with E-state index in [1.165, 1.54) is 0 Å². The average molecular weight is 410 g/mol. The van der Waals surface area contributed by atoms with Crippen LogP contribution in [-0.2, 0) is 13.0 Å². The van der Waals surface area contributed by atoms with Gasteiger partial charge in [0.05, 0.1) is 12.1 Å². The Bertz CT molecular complexity index is 876. The number of benzene rings is 2. The van der Waals surface area contributed by atoms with E-state index in [4.69, 9.17) is 0 Å². The van der Waals surface area contributed by atoms with Crippen molar-refractivity contribution in [2.75, 3.05) is 20.1 Å². The van der Waals surface area contributed by atoms with E-state index in [2.05, 4.69) is 20.9 Å². The minimum atomic E-state index is -1.47. The minimum absolute atomic E-state index is 0.161. The van der Waals surface area contributed by atoms with E-state index in [1.807, 2.05) is 6.07 Å². The van der Waals surface area contributed by atoms with Crippen LogP contribution in [-0.4, -0.2) is 32.0 Å². The molecule has 0 atom stereocenters. The summed E-state index contributed by atoms with van der Waals surface area (Å²) in [6.45, 7) is 2.10. The topological polar surface area (TPSA) is 65.5 Å². The van der Waals surface area contributed by atoms with E-state index in [9.17, 15) is 22.4 Å². The maximum absolute atomic E-state index is 13.8. The van der Waals surface area contributed by atoms with Gasteiger partial charge in [-0.15, -0.1) is 0 Å². The number of hydrogen-bond acceptors (Lipinski definition) is 2. The van der Waals surface area contributed by atoms with Crippen molar-refractivity contribution in [3.63, 3.8) is 0 Å². The molecule has 9 heteroatoms. The lowest BCUT2D eigenvalue weighted by molar-refractivity contribution is 0.0963. The van der Waals surface area contributed by atoms with Crippen LogP contribution in [0.3, 0.4) is 0 Å². The smallest absolute Gasteiger partial charge is 0.251 e. The molecule has 0 saturated heterocycles. The monoisotopic (exact) mass is 410 g/mol. The second-order valence-corrected chi connectivity index (χ2v) is 6.10. The molecular formula is C20H22F4N4O. The van der Waals surface area contributed by atoms with Crippen molar-refractivity contribution in [3.8, 4) is 0 Å². The van der Waals surface area contributed by atoms with Crippen molar-refractivity contribution >= 4 is 11.9 Å². The van der Waals surface area contributed by atoms with Gasteiger partial charge in [0.15, 0.2) is 29.2 Å². The number of nitrogens with zero attached hydrogens (tertiary/aromatic N) is 1. The quantitative estimate of drug-likeness (QED) is 0.285. The Balaban J connectivity index is 2.05. The SMILES string of the molecule is CCNC(=NCc1c(F)c(F)cc(F)c1F)NCCc1cccc(C(=O)NC)c1. The predicted octanol–water partition coefficient (Wildman–Crippen LogP) is 2.90. The number of halogens is 4. The lowest BCUT2D eigenvalue weighted by Gasteiger charge is -2.12. The van der Waals surface area contributed by atoms with Crippen molar-refractivity contribution in [1.82, 2.24) is 16.0 Å². The lowest BCUT2D eigenvalue weighted by Crippen LogP contribution is -2.38. The van der Waals surface area contributed by atoms with Crippen molar-refractivity contribution in [1.29, 1.82) is 0 Å². The van der Waals surface area contributed by atoms with Gasteiger partial charge >= 0.3 is 0 Å². The molecule has 0 radical (unpaired) electrons. The fourth-order valence-electron chi connectivity index (χ4n) is 2.60. The third-order valence-electron chi connectivity index (χ3n) is 4.06. The molecule has 29 heavy (non-hydrogen) atoms. The molecule has 0 aliphatic heterocycles. The molecule has 0 saturated carbocycles. The zero-order valence-corrected chi connectivity index (χ0v) is 16.1. The van der Waals surface area contributed by atoms with E-state index in [0.717, 1.165) is 5.56 Å². The van der Waals surface area contributed by atoms with Crippen LogP contribution in [0.4, 0.5) is 17.6 Å². The summed E-state index contributed by atoms with van der Waals surface area (Å²) < 4.78 is 54.1. The van der Waals surface area contributed by atoms with Gasteiger partial charge in [-0.1, -0.05) is 12.1 Å². The van der Waals surface area contributed by atoms with Crippen LogP contribution < -0.4 is 16.0 Å². The van der Waals surface area contributed by atoms with Gasteiger partial charge in [0.1, 0.15) is 0 Å². The maximum atomic E-state index is 13.8. The Labute approximate surface area is 166 Å². The molecule has 2 aromatic carbocycles. The summed E-state index contributed by atoms with van der Waals surface area (Å²) in [6, 6.07) is 7.24. The van der Waals surface area contributed by atoms with Crippen molar-refractivity contribution in [2.45, 2.75) is 19.9 Å². The van der Waals surface area contributed by atoms with Crippen LogP contribution in [0.15, 0.2) is 35.3 Å². The molecule has 0 fully saturated rings. The number of rotatable bonds is 7. The Morgan fingerprint density at radius 2 is 1.72 bits per heavy atom. The zero-order chi connectivity index (χ0) is 21.4. The lowest BCUT2D eigenvalue weighted by atomic mass is 10.1. The van der Waals surface area contributed by atoms with Gasteiger partial charge < -0.3 is 16.0 Å². The highest BCUT2D eigenvalue weighted by Crippen LogP contribution is 2.20. The summed E-state index contributed by atoms with van der Waals surface area (Å²) in [7, 11) is 1.55. The normalized spacial score (nSPS) is 11.3. The third-order valence-corrected chi connectivity index (χ3v) is 4.06. The van der Waals surface area contributed by atoms with E-state index in [0.29, 0.717) is 25.1 Å². The Morgan fingerprint density at radius 1 is 1.03 bits per heavy atom. The number of aliphatic imine (C=N–C) groups is 1. The molecule has 2 rings (SSSR count). The van der Waals surface area contributed by atoms with E-state index < -0.39 is 35.4 Å². The van der Waals surface area contributed by atoms with E-state index in [-0.39, 0.29) is 17.9 Å². The molecule has 0 aliphatic rings. The molecule has 0 heterocycles. The molecule has 0 bridgehead atoms. The summed E-state index contributed by atoms with van der Waals surface area (Å²) in [5.41, 5.74) is 0.654. The Morgan fingerprint density at radius 3 is 2.34 bits per heavy atom. The number of nitrogens with one attached hydrogen (secondary N) is 3. The number of carbonyl (C=O) groups excluding carboxylic acids is 1. The second-order valence-electron chi connectivity index (χ2n) is 6.10. The number of hydrogen-bond donors (Lipinski definition) is 3. The van der Waals surface area contributed by atoms with Gasteiger partial charge in [0, 0.05) is 31.8 Å². The third kappa shape index (κ3) is 5.94. The molecule has 0 unspecified atom stereocenters. The number of amides is 1. The zero-order valence-electron chi connectivity index (χ0n) is 16.1. The second kappa shape index (κ2) is 10.4. The first-order valence-corrected chi connectivity index (χ1v) is 9.02. The fraction of sp³-hybridized carbons (Fsp3) is 0.300. The molecule has 156 valence electrons. The van der Waals surface area contributed by atoms with E-state index >= 15 is 0 Å². The van der Waals surface area contributed by atoms with Gasteiger partial charge in [0.25, 0.3) is 5.91 Å². The standard InChI is InChI=1S/C20H22F4N4O/c1-3-26-20(28-11-14-17(23)15(21)10-16(22)18(14)24)27-8-7-12-5-4-6-13(9-12)19(29)25-2/h4-6,9-10H,3,7-8,11H2,1-2H3,(H,25,29)(H2,26,27,28). The van der Waals surface area contributed by atoms with E-state index in [1.54, 1.807) is 32.2 Å². The Kier molecular flexibility index (Phi) is 7.99. The first-order chi connectivity index (χ1) is 13.9. The summed E-state index contributed by atoms with van der Waals surface area (Å²) in [5, 5.41) is 8.42. The fourth-order valence-corrected chi connectivity index (χ4v) is 2.60. The van der Waals surface area contributed by atoms with Crippen molar-refractivity contribution < 1.29 is 22.4 Å². The highest BCUT2D eigenvalue weighted by Gasteiger charge is 2.18. The van der Waals surface area contributed by atoms with Crippen LogP contribution in [0.1, 0.15) is 28.4 Å². The largest absolute Gasteiger partial charge is 0.357 e. The van der Waals surface area contributed by atoms with Gasteiger partial charge in [0.2, 0.25) is 0 Å². The molecule has 0 spiro atoms. The molecule has 3 N–H and O–H groups in total. The van der Waals surface area contributed by atoms with Gasteiger partial charge in [-0.05, 0) is 31.0 Å². The van der Waals surface area contributed by atoms with Gasteiger partial charge in [-0.3, -0.25) is 4.79 Å². The van der Waals surface area contributed by atoms with Gasteiger partial charge in [-0.2, -0.15) is 0 Å². The Hall–Kier alpha value is -3.10. The first kappa shape index (κ1) is 22.2. The number of carbonyl (C=O) groups is 1. The van der Waals surface area contributed by atoms with Crippen molar-refractivity contribution in [3.05, 3.63) is 70.3 Å². The average Bonchev–Trinajstić information content (AvgIpc) is 2.71. The highest BCUT2D eigenvalue weighted by molar-refractivity contribution is 5.94. The van der Waals surface area contributed by atoms with Crippen LogP contribution in [0.25, 0.3) is 0 Å². The van der Waals surface area contributed by atoms with Crippen LogP contribution in [0.2, 0.25) is 0 Å². The molecule has 0 aliphatic carbocycles. The molecule has 2 aromatic rings. The molecular weight excluding hydrogens is 388 g/mol. The minimum Gasteiger partial charge on any atom is -0.357 e. The van der Waals surface area contributed by atoms with Crippen LogP contribution in [0, 0.1) is 23.3 Å². The number of guanidine groups is 1.